The predicted molar refractivity (Wildman–Crippen MR) is 105 cm³/mol. The van der Waals surface area contributed by atoms with E-state index in [-0.39, 0.29) is 11.1 Å². The van der Waals surface area contributed by atoms with Crippen LogP contribution in [0.3, 0.4) is 0 Å². The summed E-state index contributed by atoms with van der Waals surface area (Å²) in [5.41, 5.74) is 1.74. The number of rotatable bonds is 6. The van der Waals surface area contributed by atoms with Crippen LogP contribution in [0.15, 0.2) is 57.5 Å². The number of aliphatic imine (C=N–C) groups is 1. The van der Waals surface area contributed by atoms with Gasteiger partial charge in [-0.25, -0.2) is 4.39 Å². The molecule has 3 aromatic rings. The maximum absolute atomic E-state index is 14.4. The lowest BCUT2D eigenvalue weighted by Crippen LogP contribution is -2.19. The summed E-state index contributed by atoms with van der Waals surface area (Å²) in [6.45, 7) is 7.17. The number of nitrogens with one attached hydrogen (secondary N) is 1. The van der Waals surface area contributed by atoms with E-state index in [1.165, 1.54) is 0 Å². The molecule has 5 nitrogen and oxygen atoms in total. The van der Waals surface area contributed by atoms with Crippen LogP contribution in [0.25, 0.3) is 16.9 Å². The number of fused-ring (bicyclic) bond motifs is 2. The molecule has 0 fully saturated rings. The van der Waals surface area contributed by atoms with Crippen LogP contribution in [0, 0.1) is 5.82 Å². The standard InChI is InChI=1S/C21H16F4N2O3/c1-4-11(2)10-13(26-3)17-14-8-9-15(29-14)18(17)20(28)27-12-6-5-7-16(19(12)22)30-21(23,24)25/h4-10H,3H2,1-2H3,(H,27,28)/b11-4-,13-10-. The van der Waals surface area contributed by atoms with Crippen molar-refractivity contribution >= 4 is 35.2 Å². The molecule has 0 spiro atoms. The van der Waals surface area contributed by atoms with Gasteiger partial charge >= 0.3 is 6.36 Å². The highest BCUT2D eigenvalue weighted by atomic mass is 19.4. The first kappa shape index (κ1) is 21.1. The Balaban J connectivity index is 2.00. The fourth-order valence-electron chi connectivity index (χ4n) is 2.82. The molecule has 0 saturated heterocycles. The molecule has 30 heavy (non-hydrogen) atoms. The van der Waals surface area contributed by atoms with E-state index >= 15 is 0 Å². The van der Waals surface area contributed by atoms with Gasteiger partial charge in [-0.05, 0) is 50.9 Å². The number of hydrogen-bond donors (Lipinski definition) is 1. The molecule has 0 aliphatic carbocycles. The van der Waals surface area contributed by atoms with E-state index in [0.717, 1.165) is 23.8 Å². The van der Waals surface area contributed by atoms with Crippen LogP contribution in [0.1, 0.15) is 29.8 Å². The molecule has 1 amide bonds. The number of allylic oxidation sites excluding steroid dienone is 3. The first-order valence-corrected chi connectivity index (χ1v) is 8.66. The van der Waals surface area contributed by atoms with Gasteiger partial charge in [-0.1, -0.05) is 17.7 Å². The zero-order valence-electron chi connectivity index (χ0n) is 15.9. The summed E-state index contributed by atoms with van der Waals surface area (Å²) < 4.78 is 60.9. The fourth-order valence-corrected chi connectivity index (χ4v) is 2.82. The molecule has 0 aliphatic rings. The van der Waals surface area contributed by atoms with E-state index < -0.39 is 29.5 Å². The van der Waals surface area contributed by atoms with Crippen LogP contribution in [0.5, 0.6) is 5.75 Å². The highest BCUT2D eigenvalue weighted by Crippen LogP contribution is 2.36. The van der Waals surface area contributed by atoms with Gasteiger partial charge in [0, 0.05) is 0 Å². The summed E-state index contributed by atoms with van der Waals surface area (Å²) in [5.74, 6) is -3.20. The Kier molecular flexibility index (Phi) is 5.64. The van der Waals surface area contributed by atoms with Crippen molar-refractivity contribution in [3.05, 3.63) is 65.0 Å². The summed E-state index contributed by atoms with van der Waals surface area (Å²) in [7, 11) is 0. The fraction of sp³-hybridized carbons (Fsp3) is 0.143. The summed E-state index contributed by atoms with van der Waals surface area (Å²) >= 11 is 0. The van der Waals surface area contributed by atoms with Gasteiger partial charge < -0.3 is 14.5 Å². The molecular formula is C21H16F4N2O3. The topological polar surface area (TPSA) is 63.8 Å². The molecule has 156 valence electrons. The lowest BCUT2D eigenvalue weighted by molar-refractivity contribution is -0.275. The Hall–Kier alpha value is -3.62. The Morgan fingerprint density at radius 3 is 2.47 bits per heavy atom. The predicted octanol–water partition coefficient (Wildman–Crippen LogP) is 6.17. The number of ether oxygens (including phenoxy) is 1. The third-order valence-corrected chi connectivity index (χ3v) is 4.26. The average Bonchev–Trinajstić information content (AvgIpc) is 3.29. The first-order valence-electron chi connectivity index (χ1n) is 8.66. The quantitative estimate of drug-likeness (QED) is 0.295. The number of alkyl halides is 3. The molecule has 0 radical (unpaired) electrons. The monoisotopic (exact) mass is 420 g/mol. The average molecular weight is 420 g/mol. The lowest BCUT2D eigenvalue weighted by atomic mass is 10.0. The van der Waals surface area contributed by atoms with Gasteiger partial charge in [0.2, 0.25) is 0 Å². The van der Waals surface area contributed by atoms with Crippen molar-refractivity contribution < 1.29 is 31.5 Å². The van der Waals surface area contributed by atoms with Gasteiger partial charge in [-0.15, -0.1) is 13.2 Å². The first-order chi connectivity index (χ1) is 14.1. The van der Waals surface area contributed by atoms with Crippen molar-refractivity contribution in [2.45, 2.75) is 20.2 Å². The molecule has 0 aliphatic heterocycles. The molecule has 0 unspecified atom stereocenters. The second kappa shape index (κ2) is 8.02. The Labute approximate surface area is 168 Å². The minimum absolute atomic E-state index is 0.0663. The number of hydrogen-bond acceptors (Lipinski definition) is 4. The SMILES string of the molecule is C=N/C(=C\C(C)=C/C)c1c(C(=O)Nc2cccc(OC(F)(F)F)c2F)c2ccc1o2. The third-order valence-electron chi connectivity index (χ3n) is 4.26. The number of carbonyl (C=O) groups excluding carboxylic acids is 1. The maximum atomic E-state index is 14.4. The van der Waals surface area contributed by atoms with Crippen molar-refractivity contribution in [3.8, 4) is 5.75 Å². The van der Waals surface area contributed by atoms with Gasteiger partial charge in [0.25, 0.3) is 5.91 Å². The largest absolute Gasteiger partial charge is 0.573 e. The van der Waals surface area contributed by atoms with E-state index in [4.69, 9.17) is 4.42 Å². The van der Waals surface area contributed by atoms with Crippen LogP contribution in [-0.2, 0) is 0 Å². The van der Waals surface area contributed by atoms with Crippen LogP contribution in [-0.4, -0.2) is 19.0 Å². The van der Waals surface area contributed by atoms with Crippen LogP contribution in [0.2, 0.25) is 0 Å². The van der Waals surface area contributed by atoms with Crippen molar-refractivity contribution in [2.24, 2.45) is 4.99 Å². The maximum Gasteiger partial charge on any atom is 0.573 e. The zero-order chi connectivity index (χ0) is 22.1. The van der Waals surface area contributed by atoms with Gasteiger partial charge in [0.15, 0.2) is 11.6 Å². The second-order valence-corrected chi connectivity index (χ2v) is 6.25. The number of amides is 1. The van der Waals surface area contributed by atoms with Gasteiger partial charge in [-0.3, -0.25) is 9.79 Å². The molecule has 9 heteroatoms. The summed E-state index contributed by atoms with van der Waals surface area (Å²) in [4.78, 5) is 16.8. The number of nitrogens with zero attached hydrogens (tertiary/aromatic N) is 1. The number of carbonyl (C=O) groups is 1. The van der Waals surface area contributed by atoms with E-state index in [1.807, 2.05) is 19.9 Å². The minimum atomic E-state index is -5.07. The molecule has 2 bridgehead atoms. The minimum Gasteiger partial charge on any atom is -0.456 e. The van der Waals surface area contributed by atoms with Crippen molar-refractivity contribution in [3.63, 3.8) is 0 Å². The Bertz CT molecular complexity index is 1160. The smallest absolute Gasteiger partial charge is 0.456 e. The van der Waals surface area contributed by atoms with Crippen molar-refractivity contribution in [1.82, 2.24) is 0 Å². The molecule has 1 aromatic carbocycles. The number of benzene rings is 2. The lowest BCUT2D eigenvalue weighted by Gasteiger charge is -2.13. The van der Waals surface area contributed by atoms with E-state index in [0.29, 0.717) is 16.8 Å². The van der Waals surface area contributed by atoms with E-state index in [2.05, 4.69) is 21.8 Å². The Morgan fingerprint density at radius 2 is 1.87 bits per heavy atom. The van der Waals surface area contributed by atoms with Crippen LogP contribution in [0.4, 0.5) is 23.2 Å². The molecule has 0 atom stereocenters. The molecule has 2 heterocycles. The molecule has 3 rings (SSSR count). The number of halogens is 4. The van der Waals surface area contributed by atoms with Crippen molar-refractivity contribution in [1.29, 1.82) is 0 Å². The molecule has 0 saturated carbocycles. The zero-order valence-corrected chi connectivity index (χ0v) is 15.9. The van der Waals surface area contributed by atoms with Crippen LogP contribution < -0.4 is 10.1 Å². The third kappa shape index (κ3) is 4.19. The molecule has 1 N–H and O–H groups in total. The summed E-state index contributed by atoms with van der Waals surface area (Å²) in [6, 6.07) is 6.24. The van der Waals surface area contributed by atoms with E-state index in [1.54, 1.807) is 18.2 Å². The van der Waals surface area contributed by atoms with E-state index in [9.17, 15) is 22.4 Å². The number of furan rings is 2. The van der Waals surface area contributed by atoms with Gasteiger partial charge in [0.1, 0.15) is 11.2 Å². The number of anilines is 1. The molecule has 2 aromatic heterocycles. The highest BCUT2D eigenvalue weighted by molar-refractivity contribution is 6.14. The van der Waals surface area contributed by atoms with Gasteiger partial charge in [-0.2, -0.15) is 0 Å². The van der Waals surface area contributed by atoms with Crippen LogP contribution >= 0.6 is 0 Å². The highest BCUT2D eigenvalue weighted by Gasteiger charge is 2.33. The summed E-state index contributed by atoms with van der Waals surface area (Å²) in [6.07, 6.45) is -1.55. The van der Waals surface area contributed by atoms with Gasteiger partial charge in [0.05, 0.1) is 22.5 Å². The van der Waals surface area contributed by atoms with Crippen molar-refractivity contribution in [2.75, 3.05) is 5.32 Å². The summed E-state index contributed by atoms with van der Waals surface area (Å²) in [5, 5.41) is 2.27. The second-order valence-electron chi connectivity index (χ2n) is 6.25. The Morgan fingerprint density at radius 1 is 1.20 bits per heavy atom. The molecular weight excluding hydrogens is 404 g/mol. The normalized spacial score (nSPS) is 13.0.